The predicted octanol–water partition coefficient (Wildman–Crippen LogP) is 2.14. The summed E-state index contributed by atoms with van der Waals surface area (Å²) in [5.74, 6) is 0.309. The van der Waals surface area contributed by atoms with Gasteiger partial charge < -0.3 is 14.2 Å². The van der Waals surface area contributed by atoms with Gasteiger partial charge in [0.05, 0.1) is 13.2 Å². The number of aromatic nitrogens is 1. The zero-order valence-corrected chi connectivity index (χ0v) is 12.3. The topological polar surface area (TPSA) is 61.0 Å². The summed E-state index contributed by atoms with van der Waals surface area (Å²) in [4.78, 5) is 15.4. The normalized spacial score (nSPS) is 19.5. The number of epoxide rings is 1. The number of nitrogens with zero attached hydrogens (tertiary/aromatic N) is 1. The van der Waals surface area contributed by atoms with E-state index < -0.39 is 6.10 Å². The minimum Gasteiger partial charge on any atom is -0.473 e. The molecule has 114 valence electrons. The third-order valence-electron chi connectivity index (χ3n) is 3.50. The molecule has 22 heavy (non-hydrogen) atoms. The molecule has 5 heteroatoms. The molecule has 0 unspecified atom stereocenters. The van der Waals surface area contributed by atoms with Crippen LogP contribution in [0.15, 0.2) is 48.7 Å². The molecular formula is C17H17NO4. The van der Waals surface area contributed by atoms with E-state index >= 15 is 0 Å². The molecule has 0 radical (unpaired) electrons. The minimum atomic E-state index is -0.405. The van der Waals surface area contributed by atoms with E-state index in [2.05, 4.69) is 9.72 Å². The summed E-state index contributed by atoms with van der Waals surface area (Å²) in [6, 6.07) is 13.6. The number of carbonyl (C=O) groups is 1. The van der Waals surface area contributed by atoms with E-state index in [1.54, 1.807) is 6.20 Å². The molecule has 0 saturated carbocycles. The van der Waals surface area contributed by atoms with E-state index in [1.165, 1.54) is 7.11 Å². The van der Waals surface area contributed by atoms with Crippen LogP contribution in [0.1, 0.15) is 11.1 Å². The van der Waals surface area contributed by atoms with Crippen LogP contribution >= 0.6 is 0 Å². The lowest BCUT2D eigenvalue weighted by molar-refractivity contribution is -0.142. The summed E-state index contributed by atoms with van der Waals surface area (Å²) in [6.45, 7) is 0.474. The number of esters is 1. The largest absolute Gasteiger partial charge is 0.473 e. The van der Waals surface area contributed by atoms with E-state index in [-0.39, 0.29) is 12.1 Å². The average molecular weight is 299 g/mol. The molecule has 5 nitrogen and oxygen atoms in total. The fraction of sp³-hybridized carbons (Fsp3) is 0.294. The molecule has 2 atom stereocenters. The Kier molecular flexibility index (Phi) is 4.34. The minimum absolute atomic E-state index is 0.0666. The van der Waals surface area contributed by atoms with Crippen molar-refractivity contribution in [1.29, 1.82) is 0 Å². The first-order valence-electron chi connectivity index (χ1n) is 7.11. The highest BCUT2D eigenvalue weighted by Gasteiger charge is 2.45. The first-order valence-corrected chi connectivity index (χ1v) is 7.11. The summed E-state index contributed by atoms with van der Waals surface area (Å²) in [5.41, 5.74) is 2.19. The van der Waals surface area contributed by atoms with E-state index in [0.29, 0.717) is 18.9 Å². The van der Waals surface area contributed by atoms with Gasteiger partial charge >= 0.3 is 5.97 Å². The molecule has 1 aliphatic heterocycles. The molecule has 0 bridgehead atoms. The molecular weight excluding hydrogens is 282 g/mol. The molecule has 0 amide bonds. The van der Waals surface area contributed by atoms with Gasteiger partial charge in [-0.3, -0.25) is 0 Å². The van der Waals surface area contributed by atoms with Crippen LogP contribution in [0.2, 0.25) is 0 Å². The van der Waals surface area contributed by atoms with Crippen LogP contribution in [0.5, 0.6) is 5.88 Å². The Morgan fingerprint density at radius 3 is 2.64 bits per heavy atom. The molecule has 0 aliphatic carbocycles. The lowest BCUT2D eigenvalue weighted by Crippen LogP contribution is -2.12. The second-order valence-corrected chi connectivity index (χ2v) is 5.10. The molecule has 1 aromatic carbocycles. The highest BCUT2D eigenvalue weighted by molar-refractivity contribution is 5.77. The van der Waals surface area contributed by atoms with E-state index in [4.69, 9.17) is 9.47 Å². The van der Waals surface area contributed by atoms with Gasteiger partial charge in [-0.15, -0.1) is 0 Å². The summed E-state index contributed by atoms with van der Waals surface area (Å²) >= 11 is 0. The Hall–Kier alpha value is -2.40. The Morgan fingerprint density at radius 2 is 1.95 bits per heavy atom. The van der Waals surface area contributed by atoms with Gasteiger partial charge in [0.2, 0.25) is 5.88 Å². The van der Waals surface area contributed by atoms with Gasteiger partial charge in [-0.25, -0.2) is 9.78 Å². The maximum absolute atomic E-state index is 11.3. The highest BCUT2D eigenvalue weighted by Crippen LogP contribution is 2.27. The number of benzene rings is 1. The zero-order valence-electron chi connectivity index (χ0n) is 12.3. The molecule has 2 heterocycles. The van der Waals surface area contributed by atoms with Crippen LogP contribution in [0.3, 0.4) is 0 Å². The summed E-state index contributed by atoms with van der Waals surface area (Å²) in [7, 11) is 1.37. The van der Waals surface area contributed by atoms with Crippen molar-refractivity contribution >= 4 is 5.97 Å². The Labute approximate surface area is 128 Å². The number of ether oxygens (including phenoxy) is 3. The molecule has 2 aromatic rings. The SMILES string of the molecule is COC(=O)[C@H]1O[C@H]1Cc1ccc(COc2ccccn2)cc1. The molecule has 1 aromatic heterocycles. The van der Waals surface area contributed by atoms with Crippen molar-refractivity contribution in [2.24, 2.45) is 0 Å². The zero-order chi connectivity index (χ0) is 15.4. The van der Waals surface area contributed by atoms with Gasteiger partial charge in [-0.05, 0) is 17.2 Å². The van der Waals surface area contributed by atoms with Crippen LogP contribution in [0, 0.1) is 0 Å². The van der Waals surface area contributed by atoms with Gasteiger partial charge in [0.25, 0.3) is 0 Å². The molecule has 1 aliphatic rings. The van der Waals surface area contributed by atoms with Gasteiger partial charge in [-0.1, -0.05) is 30.3 Å². The van der Waals surface area contributed by atoms with Crippen molar-refractivity contribution in [2.45, 2.75) is 25.2 Å². The number of carbonyl (C=O) groups excluding carboxylic acids is 1. The number of methoxy groups -OCH3 is 1. The fourth-order valence-corrected chi connectivity index (χ4v) is 2.22. The van der Waals surface area contributed by atoms with Crippen molar-refractivity contribution in [1.82, 2.24) is 4.98 Å². The standard InChI is InChI=1S/C17H17NO4/c1-20-17(19)16-14(22-16)10-12-5-7-13(8-6-12)11-21-15-4-2-3-9-18-15/h2-9,14,16H,10-11H2,1H3/t14-,16-/m0/s1. The van der Waals surface area contributed by atoms with Crippen LogP contribution in [0.25, 0.3) is 0 Å². The lowest BCUT2D eigenvalue weighted by Gasteiger charge is -2.06. The fourth-order valence-electron chi connectivity index (χ4n) is 2.22. The van der Waals surface area contributed by atoms with Gasteiger partial charge in [-0.2, -0.15) is 0 Å². The second-order valence-electron chi connectivity index (χ2n) is 5.10. The maximum Gasteiger partial charge on any atom is 0.337 e. The quantitative estimate of drug-likeness (QED) is 0.604. The maximum atomic E-state index is 11.3. The number of pyridine rings is 1. The monoisotopic (exact) mass is 299 g/mol. The van der Waals surface area contributed by atoms with Gasteiger partial charge in [0.15, 0.2) is 6.10 Å². The van der Waals surface area contributed by atoms with Crippen molar-refractivity contribution in [3.05, 3.63) is 59.8 Å². The van der Waals surface area contributed by atoms with Crippen LogP contribution < -0.4 is 4.74 Å². The number of hydrogen-bond acceptors (Lipinski definition) is 5. The first-order chi connectivity index (χ1) is 10.8. The van der Waals surface area contributed by atoms with Crippen LogP contribution in [-0.4, -0.2) is 30.3 Å². The second kappa shape index (κ2) is 6.58. The predicted molar refractivity (Wildman–Crippen MR) is 79.4 cm³/mol. The van der Waals surface area contributed by atoms with E-state index in [9.17, 15) is 4.79 Å². The molecule has 0 spiro atoms. The molecule has 3 rings (SSSR count). The Bertz CT molecular complexity index is 627. The smallest absolute Gasteiger partial charge is 0.337 e. The molecule has 0 N–H and O–H groups in total. The summed E-state index contributed by atoms with van der Waals surface area (Å²) in [5, 5.41) is 0. The summed E-state index contributed by atoms with van der Waals surface area (Å²) < 4.78 is 15.5. The third-order valence-corrected chi connectivity index (χ3v) is 3.50. The van der Waals surface area contributed by atoms with Crippen LogP contribution in [-0.2, 0) is 27.3 Å². The number of rotatable bonds is 6. The Morgan fingerprint density at radius 1 is 1.18 bits per heavy atom. The van der Waals surface area contributed by atoms with Crippen molar-refractivity contribution < 1.29 is 19.0 Å². The Balaban J connectivity index is 1.50. The number of hydrogen-bond donors (Lipinski definition) is 0. The summed E-state index contributed by atoms with van der Waals surface area (Å²) in [6.07, 6.45) is 1.94. The van der Waals surface area contributed by atoms with E-state index in [0.717, 1.165) is 11.1 Å². The van der Waals surface area contributed by atoms with Crippen molar-refractivity contribution in [3.63, 3.8) is 0 Å². The van der Waals surface area contributed by atoms with Crippen molar-refractivity contribution in [2.75, 3.05) is 7.11 Å². The van der Waals surface area contributed by atoms with E-state index in [1.807, 2.05) is 42.5 Å². The highest BCUT2D eigenvalue weighted by atomic mass is 16.6. The first kappa shape index (κ1) is 14.5. The van der Waals surface area contributed by atoms with Gasteiger partial charge in [0.1, 0.15) is 6.61 Å². The van der Waals surface area contributed by atoms with Crippen LogP contribution in [0.4, 0.5) is 0 Å². The van der Waals surface area contributed by atoms with Gasteiger partial charge in [0, 0.05) is 18.7 Å². The third kappa shape index (κ3) is 3.62. The van der Waals surface area contributed by atoms with Crippen molar-refractivity contribution in [3.8, 4) is 5.88 Å². The lowest BCUT2D eigenvalue weighted by atomic mass is 10.1. The molecule has 1 fully saturated rings. The molecule has 1 saturated heterocycles. The average Bonchev–Trinajstić information content (AvgIpc) is 3.33.